The maximum absolute atomic E-state index is 12.7. The van der Waals surface area contributed by atoms with E-state index < -0.39 is 0 Å². The van der Waals surface area contributed by atoms with Gasteiger partial charge in [0, 0.05) is 26.2 Å². The molecule has 0 aromatic rings. The molecular weight excluding hydrogens is 240 g/mol. The number of carbonyl (C=O) groups is 1. The number of ether oxygens (including phenoxy) is 1. The van der Waals surface area contributed by atoms with Crippen molar-refractivity contribution in [3.8, 4) is 0 Å². The molecule has 1 N–H and O–H groups in total. The molecule has 0 spiro atoms. The van der Waals surface area contributed by atoms with Crippen LogP contribution in [0.1, 0.15) is 46.0 Å². The molecule has 110 valence electrons. The van der Waals surface area contributed by atoms with E-state index in [0.717, 1.165) is 45.4 Å². The van der Waals surface area contributed by atoms with Crippen LogP contribution in [0.15, 0.2) is 0 Å². The van der Waals surface area contributed by atoms with E-state index in [0.29, 0.717) is 12.5 Å². The summed E-state index contributed by atoms with van der Waals surface area (Å²) < 4.78 is 5.47. The van der Waals surface area contributed by atoms with Crippen molar-refractivity contribution in [2.24, 2.45) is 5.92 Å². The second kappa shape index (κ2) is 6.71. The summed E-state index contributed by atoms with van der Waals surface area (Å²) in [6, 6.07) is 0. The number of esters is 1. The van der Waals surface area contributed by atoms with Gasteiger partial charge in [-0.1, -0.05) is 26.2 Å². The third-order valence-corrected chi connectivity index (χ3v) is 4.84. The SMILES string of the molecule is CCOC(=O)C1(N2CCNCC2)CCCCC1CC. The lowest BCUT2D eigenvalue weighted by molar-refractivity contribution is -0.166. The topological polar surface area (TPSA) is 41.6 Å². The number of nitrogens with one attached hydrogen (secondary N) is 1. The van der Waals surface area contributed by atoms with Crippen molar-refractivity contribution in [2.45, 2.75) is 51.5 Å². The highest BCUT2D eigenvalue weighted by Crippen LogP contribution is 2.41. The van der Waals surface area contributed by atoms with E-state index in [1.54, 1.807) is 0 Å². The largest absolute Gasteiger partial charge is 0.465 e. The van der Waals surface area contributed by atoms with Crippen LogP contribution in [0.3, 0.4) is 0 Å². The van der Waals surface area contributed by atoms with Crippen LogP contribution >= 0.6 is 0 Å². The van der Waals surface area contributed by atoms with E-state index in [1.165, 1.54) is 12.8 Å². The highest BCUT2D eigenvalue weighted by molar-refractivity contribution is 5.81. The molecule has 4 nitrogen and oxygen atoms in total. The third kappa shape index (κ3) is 2.79. The highest BCUT2D eigenvalue weighted by Gasteiger charge is 2.51. The van der Waals surface area contributed by atoms with Crippen LogP contribution in [-0.2, 0) is 9.53 Å². The van der Waals surface area contributed by atoms with Gasteiger partial charge in [0.15, 0.2) is 0 Å². The Labute approximate surface area is 116 Å². The quantitative estimate of drug-likeness (QED) is 0.789. The molecular formula is C15H28N2O2. The van der Waals surface area contributed by atoms with Gasteiger partial charge in [0.25, 0.3) is 0 Å². The molecule has 19 heavy (non-hydrogen) atoms. The fourth-order valence-corrected chi connectivity index (χ4v) is 3.90. The maximum Gasteiger partial charge on any atom is 0.326 e. The van der Waals surface area contributed by atoms with Crippen LogP contribution in [-0.4, -0.2) is 49.2 Å². The summed E-state index contributed by atoms with van der Waals surface area (Å²) in [7, 11) is 0. The van der Waals surface area contributed by atoms with Gasteiger partial charge in [-0.2, -0.15) is 0 Å². The molecule has 1 heterocycles. The summed E-state index contributed by atoms with van der Waals surface area (Å²) in [5.41, 5.74) is -0.342. The fraction of sp³-hybridized carbons (Fsp3) is 0.933. The van der Waals surface area contributed by atoms with E-state index in [-0.39, 0.29) is 11.5 Å². The van der Waals surface area contributed by atoms with Gasteiger partial charge >= 0.3 is 5.97 Å². The lowest BCUT2D eigenvalue weighted by Crippen LogP contribution is -2.65. The number of nitrogens with zero attached hydrogens (tertiary/aromatic N) is 1. The fourth-order valence-electron chi connectivity index (χ4n) is 3.90. The van der Waals surface area contributed by atoms with Crippen LogP contribution in [0.25, 0.3) is 0 Å². The van der Waals surface area contributed by atoms with Crippen LogP contribution in [0, 0.1) is 5.92 Å². The molecule has 2 rings (SSSR count). The summed E-state index contributed by atoms with van der Waals surface area (Å²) in [6.07, 6.45) is 5.62. The van der Waals surface area contributed by atoms with E-state index >= 15 is 0 Å². The average molecular weight is 268 g/mol. The first-order chi connectivity index (χ1) is 9.25. The summed E-state index contributed by atoms with van der Waals surface area (Å²) in [5.74, 6) is 0.488. The monoisotopic (exact) mass is 268 g/mol. The van der Waals surface area contributed by atoms with Crippen LogP contribution in [0.4, 0.5) is 0 Å². The standard InChI is InChI=1S/C15H28N2O2/c1-3-13-7-5-6-8-15(13,14(18)19-4-2)17-11-9-16-10-12-17/h13,16H,3-12H2,1-2H3. The summed E-state index contributed by atoms with van der Waals surface area (Å²) >= 11 is 0. The molecule has 1 aliphatic carbocycles. The van der Waals surface area contributed by atoms with Crippen LogP contribution in [0.2, 0.25) is 0 Å². The van der Waals surface area contributed by atoms with Crippen molar-refractivity contribution in [3.05, 3.63) is 0 Å². The molecule has 2 unspecified atom stereocenters. The molecule has 0 amide bonds. The zero-order chi connectivity index (χ0) is 13.7. The molecule has 1 aliphatic heterocycles. The zero-order valence-corrected chi connectivity index (χ0v) is 12.4. The predicted molar refractivity (Wildman–Crippen MR) is 76.1 cm³/mol. The molecule has 0 radical (unpaired) electrons. The molecule has 0 aromatic heterocycles. The summed E-state index contributed by atoms with van der Waals surface area (Å²) in [4.78, 5) is 15.1. The summed E-state index contributed by atoms with van der Waals surface area (Å²) in [5, 5.41) is 3.38. The number of rotatable bonds is 4. The van der Waals surface area contributed by atoms with Crippen molar-refractivity contribution in [2.75, 3.05) is 32.8 Å². The second-order valence-electron chi connectivity index (χ2n) is 5.73. The first kappa shape index (κ1) is 14.8. The molecule has 1 saturated carbocycles. The Hall–Kier alpha value is -0.610. The number of hydrogen-bond donors (Lipinski definition) is 1. The molecule has 0 aromatic carbocycles. The second-order valence-corrected chi connectivity index (χ2v) is 5.73. The Balaban J connectivity index is 2.26. The number of carbonyl (C=O) groups excluding carboxylic acids is 1. The summed E-state index contributed by atoms with van der Waals surface area (Å²) in [6.45, 7) is 8.52. The van der Waals surface area contributed by atoms with Gasteiger partial charge < -0.3 is 10.1 Å². The first-order valence-corrected chi connectivity index (χ1v) is 7.88. The van der Waals surface area contributed by atoms with Crippen molar-refractivity contribution >= 4 is 5.97 Å². The molecule has 2 fully saturated rings. The van der Waals surface area contributed by atoms with E-state index in [4.69, 9.17) is 4.74 Å². The third-order valence-electron chi connectivity index (χ3n) is 4.84. The highest BCUT2D eigenvalue weighted by atomic mass is 16.5. The minimum Gasteiger partial charge on any atom is -0.465 e. The van der Waals surface area contributed by atoms with E-state index in [2.05, 4.69) is 17.1 Å². The van der Waals surface area contributed by atoms with Crippen molar-refractivity contribution in [1.82, 2.24) is 10.2 Å². The first-order valence-electron chi connectivity index (χ1n) is 7.88. The Morgan fingerprint density at radius 3 is 2.68 bits per heavy atom. The minimum atomic E-state index is -0.342. The van der Waals surface area contributed by atoms with Crippen molar-refractivity contribution in [1.29, 1.82) is 0 Å². The van der Waals surface area contributed by atoms with E-state index in [1.807, 2.05) is 6.92 Å². The predicted octanol–water partition coefficient (Wildman–Crippen LogP) is 1.79. The Kier molecular flexibility index (Phi) is 5.22. The number of hydrogen-bond acceptors (Lipinski definition) is 4. The molecule has 2 atom stereocenters. The van der Waals surface area contributed by atoms with Gasteiger partial charge in [0.2, 0.25) is 0 Å². The average Bonchev–Trinajstić information content (AvgIpc) is 2.48. The molecule has 4 heteroatoms. The van der Waals surface area contributed by atoms with Crippen molar-refractivity contribution < 1.29 is 9.53 Å². The molecule has 0 bridgehead atoms. The Bertz CT molecular complexity index is 303. The lowest BCUT2D eigenvalue weighted by atomic mass is 9.70. The smallest absolute Gasteiger partial charge is 0.326 e. The van der Waals surface area contributed by atoms with Crippen LogP contribution in [0.5, 0.6) is 0 Å². The normalized spacial score (nSPS) is 33.1. The van der Waals surface area contributed by atoms with Gasteiger partial charge in [0.1, 0.15) is 5.54 Å². The Morgan fingerprint density at radius 1 is 1.32 bits per heavy atom. The van der Waals surface area contributed by atoms with E-state index in [9.17, 15) is 4.79 Å². The lowest BCUT2D eigenvalue weighted by Gasteiger charge is -2.50. The zero-order valence-electron chi connectivity index (χ0n) is 12.4. The maximum atomic E-state index is 12.7. The van der Waals surface area contributed by atoms with Gasteiger partial charge in [0.05, 0.1) is 6.61 Å². The van der Waals surface area contributed by atoms with Gasteiger partial charge in [-0.15, -0.1) is 0 Å². The minimum absolute atomic E-state index is 0.0310. The van der Waals surface area contributed by atoms with Gasteiger partial charge in [-0.25, -0.2) is 0 Å². The van der Waals surface area contributed by atoms with Gasteiger partial charge in [-0.05, 0) is 25.7 Å². The Morgan fingerprint density at radius 2 is 2.05 bits per heavy atom. The number of piperazine rings is 1. The molecule has 1 saturated heterocycles. The molecule has 2 aliphatic rings. The van der Waals surface area contributed by atoms with Gasteiger partial charge in [-0.3, -0.25) is 9.69 Å². The van der Waals surface area contributed by atoms with Crippen molar-refractivity contribution in [3.63, 3.8) is 0 Å². The van der Waals surface area contributed by atoms with Crippen LogP contribution < -0.4 is 5.32 Å².